The van der Waals surface area contributed by atoms with E-state index in [4.69, 9.17) is 4.99 Å². The molecular weight excluding hydrogens is 346 g/mol. The molecule has 1 fully saturated rings. The lowest BCUT2D eigenvalue weighted by atomic mass is 9.83. The number of aromatic nitrogens is 2. The quantitative estimate of drug-likeness (QED) is 0.597. The van der Waals surface area contributed by atoms with E-state index in [9.17, 15) is 4.79 Å². The van der Waals surface area contributed by atoms with Gasteiger partial charge >= 0.3 is 0 Å². The van der Waals surface area contributed by atoms with Crippen LogP contribution in [-0.4, -0.2) is 21.3 Å². The summed E-state index contributed by atoms with van der Waals surface area (Å²) in [5.41, 5.74) is 6.34. The first-order valence-electron chi connectivity index (χ1n) is 10.9. The van der Waals surface area contributed by atoms with Gasteiger partial charge in [-0.1, -0.05) is 56.9 Å². The number of Topliss-reactive ketones (excluding diaryl/α,β-unsaturated/α-hetero) is 1. The average molecular weight is 382 g/mol. The Morgan fingerprint density at radius 2 is 1.96 bits per heavy atom. The third-order valence-corrected chi connectivity index (χ3v) is 6.21. The van der Waals surface area contributed by atoms with Gasteiger partial charge in [0.2, 0.25) is 0 Å². The lowest BCUT2D eigenvalue weighted by Crippen LogP contribution is -2.16. The summed E-state index contributed by atoms with van der Waals surface area (Å²) in [6.07, 6.45) is 10.9. The number of aryl methyl sites for hydroxylation is 3. The molecule has 0 saturated heterocycles. The molecule has 0 bridgehead atoms. The van der Waals surface area contributed by atoms with Crippen molar-refractivity contribution in [3.63, 3.8) is 0 Å². The van der Waals surface area contributed by atoms with Crippen molar-refractivity contribution in [1.82, 2.24) is 9.78 Å². The zero-order valence-electron chi connectivity index (χ0n) is 17.2. The summed E-state index contributed by atoms with van der Waals surface area (Å²) in [7, 11) is 1.85. The van der Waals surface area contributed by atoms with Crippen molar-refractivity contribution >= 4 is 17.2 Å². The number of fused-ring (bicyclic) bond motifs is 1. The third kappa shape index (κ3) is 3.96. The molecule has 0 N–H and O–H groups in total. The van der Waals surface area contributed by atoms with Gasteiger partial charge in [-0.25, -0.2) is 0 Å². The zero-order chi connectivity index (χ0) is 19.5. The molecule has 0 radical (unpaired) electrons. The molecule has 1 aliphatic heterocycles. The largest absolute Gasteiger partial charge is 0.292 e. The number of hydrogen-bond acceptors (Lipinski definition) is 3. The smallest absolute Gasteiger partial charge is 0.188 e. The number of aliphatic imine (C=N–C) groups is 1. The highest BCUT2D eigenvalue weighted by molar-refractivity contribution is 6.15. The summed E-state index contributed by atoms with van der Waals surface area (Å²) < 4.78 is 1.72. The third-order valence-electron chi connectivity index (χ3n) is 6.21. The van der Waals surface area contributed by atoms with Crippen molar-refractivity contribution in [2.24, 2.45) is 12.0 Å². The molecule has 1 saturated carbocycles. The van der Waals surface area contributed by atoms with Crippen LogP contribution in [0, 0.1) is 0 Å². The fraction of sp³-hybridized carbons (Fsp3) is 0.542. The van der Waals surface area contributed by atoms with Crippen molar-refractivity contribution in [2.75, 3.05) is 0 Å². The Kier molecular flexibility index (Phi) is 5.74. The van der Waals surface area contributed by atoms with Crippen molar-refractivity contribution in [2.45, 2.75) is 77.0 Å². The van der Waals surface area contributed by atoms with E-state index in [-0.39, 0.29) is 8.64 Å². The first kappa shape index (κ1) is 19.1. The van der Waals surface area contributed by atoms with Gasteiger partial charge in [-0.2, -0.15) is 5.10 Å². The Bertz CT molecular complexity index is 898. The number of carbonyl (C=O) groups is 1. The van der Waals surface area contributed by atoms with E-state index in [1.165, 1.54) is 43.2 Å². The number of rotatable bonds is 6. The van der Waals surface area contributed by atoms with Gasteiger partial charge in [-0.05, 0) is 49.1 Å². The van der Waals surface area contributed by atoms with Crippen LogP contribution in [0.1, 0.15) is 94.4 Å². The minimum Gasteiger partial charge on any atom is -0.292 e. The standard InChI is InChI=1S/C24H31N3O.2H2/c1-3-8-21-23-24(27(2)26-21)22(28)16-20(25-23)14-13-17-9-7-12-19(15-17)18-10-5-4-6-11-18;;/h7,9,12,15,18H,3-6,8,10-11,13-14,16H2,1-2H3;2*1H. The Hall–Kier alpha value is -2.23. The van der Waals surface area contributed by atoms with Gasteiger partial charge < -0.3 is 0 Å². The van der Waals surface area contributed by atoms with Crippen LogP contribution in [0.5, 0.6) is 0 Å². The first-order chi connectivity index (χ1) is 13.7. The fourth-order valence-corrected chi connectivity index (χ4v) is 4.74. The predicted molar refractivity (Wildman–Crippen MR) is 118 cm³/mol. The van der Waals surface area contributed by atoms with Gasteiger partial charge in [-0.3, -0.25) is 14.5 Å². The van der Waals surface area contributed by atoms with Gasteiger partial charge in [0.25, 0.3) is 0 Å². The Morgan fingerprint density at radius 3 is 2.75 bits per heavy atom. The Labute approximate surface area is 171 Å². The number of hydrogen-bond donors (Lipinski definition) is 0. The second-order valence-electron chi connectivity index (χ2n) is 8.38. The zero-order valence-corrected chi connectivity index (χ0v) is 17.2. The Balaban J connectivity index is 0.00000160. The highest BCUT2D eigenvalue weighted by Crippen LogP contribution is 2.34. The normalized spacial score (nSPS) is 17.5. The first-order valence-corrected chi connectivity index (χ1v) is 10.9. The highest BCUT2D eigenvalue weighted by Gasteiger charge is 2.27. The van der Waals surface area contributed by atoms with Gasteiger partial charge in [0.1, 0.15) is 11.4 Å². The van der Waals surface area contributed by atoms with E-state index >= 15 is 0 Å². The molecule has 0 spiro atoms. The lowest BCUT2D eigenvalue weighted by Gasteiger charge is -2.22. The maximum absolute atomic E-state index is 12.7. The highest BCUT2D eigenvalue weighted by atomic mass is 16.1. The van der Waals surface area contributed by atoms with E-state index in [2.05, 4.69) is 36.3 Å². The average Bonchev–Trinajstić information content (AvgIpc) is 3.03. The lowest BCUT2D eigenvalue weighted by molar-refractivity contribution is 0.0990. The van der Waals surface area contributed by atoms with E-state index in [1.807, 2.05) is 7.05 Å². The minimum atomic E-state index is 0. The minimum absolute atomic E-state index is 0. The molecule has 0 unspecified atom stereocenters. The van der Waals surface area contributed by atoms with E-state index < -0.39 is 0 Å². The molecule has 1 aromatic heterocycles. The molecule has 4 heteroatoms. The van der Waals surface area contributed by atoms with Gasteiger partial charge in [0, 0.05) is 15.6 Å². The van der Waals surface area contributed by atoms with Gasteiger partial charge in [-0.15, -0.1) is 0 Å². The van der Waals surface area contributed by atoms with Crippen LogP contribution >= 0.6 is 0 Å². The molecule has 28 heavy (non-hydrogen) atoms. The topological polar surface area (TPSA) is 47.2 Å². The van der Waals surface area contributed by atoms with Crippen LogP contribution in [0.2, 0.25) is 0 Å². The summed E-state index contributed by atoms with van der Waals surface area (Å²) in [5.74, 6) is 0.894. The molecule has 1 aromatic carbocycles. The van der Waals surface area contributed by atoms with Crippen molar-refractivity contribution in [1.29, 1.82) is 0 Å². The molecule has 4 nitrogen and oxygen atoms in total. The molecule has 0 amide bonds. The molecular formula is C24H35N3O. The monoisotopic (exact) mass is 381 g/mol. The SMILES string of the molecule is CCCc1nn(C)c2c1N=C(CCc1cccc(C3CCCCC3)c1)CC2=O.[HH].[HH]. The van der Waals surface area contributed by atoms with Crippen molar-refractivity contribution < 1.29 is 7.65 Å². The van der Waals surface area contributed by atoms with Crippen LogP contribution in [0.25, 0.3) is 0 Å². The van der Waals surface area contributed by atoms with Crippen molar-refractivity contribution in [3.8, 4) is 0 Å². The number of carbonyl (C=O) groups excluding carboxylic acids is 1. The van der Waals surface area contributed by atoms with Crippen LogP contribution in [0.4, 0.5) is 5.69 Å². The number of ketones is 1. The molecule has 1 aliphatic carbocycles. The molecule has 2 heterocycles. The molecule has 2 aromatic rings. The fourth-order valence-electron chi connectivity index (χ4n) is 4.74. The molecule has 2 aliphatic rings. The van der Waals surface area contributed by atoms with Gasteiger partial charge in [0.05, 0.1) is 12.1 Å². The van der Waals surface area contributed by atoms with E-state index in [1.54, 1.807) is 4.68 Å². The van der Waals surface area contributed by atoms with Crippen LogP contribution in [0.3, 0.4) is 0 Å². The maximum Gasteiger partial charge on any atom is 0.188 e. The summed E-state index contributed by atoms with van der Waals surface area (Å²) in [4.78, 5) is 17.5. The van der Waals surface area contributed by atoms with Gasteiger partial charge in [0.15, 0.2) is 5.78 Å². The van der Waals surface area contributed by atoms with E-state index in [0.717, 1.165) is 48.7 Å². The summed E-state index contributed by atoms with van der Waals surface area (Å²) in [6, 6.07) is 9.10. The second-order valence-corrected chi connectivity index (χ2v) is 8.38. The molecule has 0 atom stereocenters. The maximum atomic E-state index is 12.7. The Morgan fingerprint density at radius 1 is 1.14 bits per heavy atom. The van der Waals surface area contributed by atoms with E-state index in [0.29, 0.717) is 12.1 Å². The van der Waals surface area contributed by atoms with Crippen LogP contribution in [-0.2, 0) is 19.9 Å². The number of nitrogens with zero attached hydrogens (tertiary/aromatic N) is 3. The van der Waals surface area contributed by atoms with Crippen LogP contribution in [0.15, 0.2) is 29.3 Å². The van der Waals surface area contributed by atoms with Crippen LogP contribution < -0.4 is 0 Å². The molecule has 152 valence electrons. The summed E-state index contributed by atoms with van der Waals surface area (Å²) in [5, 5.41) is 4.54. The number of benzene rings is 1. The molecule has 4 rings (SSSR count). The second kappa shape index (κ2) is 8.42. The summed E-state index contributed by atoms with van der Waals surface area (Å²) in [6.45, 7) is 2.13. The van der Waals surface area contributed by atoms with Crippen molar-refractivity contribution in [3.05, 3.63) is 46.8 Å². The summed E-state index contributed by atoms with van der Waals surface area (Å²) >= 11 is 0. The predicted octanol–water partition coefficient (Wildman–Crippen LogP) is 6.20.